The lowest BCUT2D eigenvalue weighted by atomic mass is 10.2. The fourth-order valence-corrected chi connectivity index (χ4v) is 2.90. The van der Waals surface area contributed by atoms with Crippen LogP contribution >= 0.6 is 22.9 Å². The van der Waals surface area contributed by atoms with Gasteiger partial charge in [0, 0.05) is 16.9 Å². The van der Waals surface area contributed by atoms with Gasteiger partial charge in [0.15, 0.2) is 5.13 Å². The molecule has 3 aromatic rings. The molecule has 0 aliphatic carbocycles. The number of urea groups is 1. The van der Waals surface area contributed by atoms with Gasteiger partial charge in [0.25, 0.3) is 0 Å². The number of hydrogen-bond acceptors (Lipinski definition) is 3. The Morgan fingerprint density at radius 2 is 1.86 bits per heavy atom. The second-order valence-corrected chi connectivity index (χ2v) is 5.95. The molecule has 1 aromatic heterocycles. The summed E-state index contributed by atoms with van der Waals surface area (Å²) in [5, 5.41) is 6.53. The van der Waals surface area contributed by atoms with Crippen molar-refractivity contribution in [2.45, 2.75) is 0 Å². The van der Waals surface area contributed by atoms with Gasteiger partial charge in [0.05, 0.1) is 4.88 Å². The summed E-state index contributed by atoms with van der Waals surface area (Å²) in [6.45, 7) is 0. The molecule has 1 heterocycles. The van der Waals surface area contributed by atoms with Crippen LogP contribution in [0.25, 0.3) is 10.4 Å². The van der Waals surface area contributed by atoms with Crippen LogP contribution in [0, 0.1) is 0 Å². The van der Waals surface area contributed by atoms with Crippen molar-refractivity contribution in [2.75, 3.05) is 10.6 Å². The number of rotatable bonds is 3. The average molecular weight is 330 g/mol. The van der Waals surface area contributed by atoms with Crippen LogP contribution in [0.5, 0.6) is 0 Å². The summed E-state index contributed by atoms with van der Waals surface area (Å²) in [6, 6.07) is 16.5. The number of halogens is 1. The Kier molecular flexibility index (Phi) is 4.37. The van der Waals surface area contributed by atoms with Crippen molar-refractivity contribution in [3.8, 4) is 10.4 Å². The number of nitrogens with one attached hydrogen (secondary N) is 2. The molecule has 2 aromatic carbocycles. The second-order valence-electron chi connectivity index (χ2n) is 4.49. The summed E-state index contributed by atoms with van der Waals surface area (Å²) >= 11 is 7.30. The third-order valence-electron chi connectivity index (χ3n) is 2.87. The summed E-state index contributed by atoms with van der Waals surface area (Å²) in [5.41, 5.74) is 1.70. The van der Waals surface area contributed by atoms with Crippen molar-refractivity contribution >= 4 is 39.8 Å². The van der Waals surface area contributed by atoms with Gasteiger partial charge in [0.1, 0.15) is 0 Å². The van der Waals surface area contributed by atoms with Gasteiger partial charge in [-0.05, 0) is 23.8 Å². The standard InChI is InChI=1S/C16H12ClN3OS/c17-12-7-4-8-13(9-12)19-15(21)20-16-18-10-14(22-16)11-5-2-1-3-6-11/h1-10H,(H2,18,19,20,21). The number of aromatic nitrogens is 1. The number of carbonyl (C=O) groups is 1. The maximum absolute atomic E-state index is 11.9. The molecule has 0 spiro atoms. The predicted octanol–water partition coefficient (Wildman–Crippen LogP) is 5.11. The SMILES string of the molecule is O=C(Nc1cccc(Cl)c1)Nc1ncc(-c2ccccc2)s1. The van der Waals surface area contributed by atoms with E-state index in [-0.39, 0.29) is 6.03 Å². The molecule has 0 fully saturated rings. The van der Waals surface area contributed by atoms with Gasteiger partial charge in [-0.2, -0.15) is 0 Å². The van der Waals surface area contributed by atoms with Crippen molar-refractivity contribution in [2.24, 2.45) is 0 Å². The monoisotopic (exact) mass is 329 g/mol. The van der Waals surface area contributed by atoms with Gasteiger partial charge in [-0.25, -0.2) is 9.78 Å². The number of hydrogen-bond donors (Lipinski definition) is 2. The molecule has 22 heavy (non-hydrogen) atoms. The molecule has 0 bridgehead atoms. The highest BCUT2D eigenvalue weighted by atomic mass is 35.5. The van der Waals surface area contributed by atoms with Gasteiger partial charge in [0.2, 0.25) is 0 Å². The van der Waals surface area contributed by atoms with Crippen LogP contribution in [0.1, 0.15) is 0 Å². The largest absolute Gasteiger partial charge is 0.325 e. The summed E-state index contributed by atoms with van der Waals surface area (Å²) in [7, 11) is 0. The summed E-state index contributed by atoms with van der Waals surface area (Å²) < 4.78 is 0. The minimum atomic E-state index is -0.351. The summed E-state index contributed by atoms with van der Waals surface area (Å²) in [6.07, 6.45) is 1.75. The van der Waals surface area contributed by atoms with E-state index in [1.54, 1.807) is 30.5 Å². The molecular formula is C16H12ClN3OS. The Balaban J connectivity index is 1.66. The zero-order valence-electron chi connectivity index (χ0n) is 11.4. The zero-order valence-corrected chi connectivity index (χ0v) is 13.0. The third-order valence-corrected chi connectivity index (χ3v) is 4.06. The first kappa shape index (κ1) is 14.6. The summed E-state index contributed by atoms with van der Waals surface area (Å²) in [4.78, 5) is 17.2. The van der Waals surface area contributed by atoms with Crippen molar-refractivity contribution in [3.05, 3.63) is 65.8 Å². The number of anilines is 2. The van der Waals surface area contributed by atoms with E-state index in [1.807, 2.05) is 30.3 Å². The van der Waals surface area contributed by atoms with E-state index in [0.29, 0.717) is 15.8 Å². The van der Waals surface area contributed by atoms with Crippen LogP contribution in [-0.2, 0) is 0 Å². The molecule has 0 atom stereocenters. The highest BCUT2D eigenvalue weighted by molar-refractivity contribution is 7.19. The first-order valence-electron chi connectivity index (χ1n) is 6.55. The van der Waals surface area contributed by atoms with Crippen LogP contribution < -0.4 is 10.6 Å². The van der Waals surface area contributed by atoms with Gasteiger partial charge < -0.3 is 5.32 Å². The molecule has 0 saturated heterocycles. The lowest BCUT2D eigenvalue weighted by Crippen LogP contribution is -2.19. The molecular weight excluding hydrogens is 318 g/mol. The van der Waals surface area contributed by atoms with Gasteiger partial charge >= 0.3 is 6.03 Å². The van der Waals surface area contributed by atoms with Crippen LogP contribution in [0.15, 0.2) is 60.8 Å². The van der Waals surface area contributed by atoms with E-state index in [0.717, 1.165) is 10.4 Å². The van der Waals surface area contributed by atoms with Gasteiger partial charge in [-0.15, -0.1) is 0 Å². The Bertz CT molecular complexity index is 789. The molecule has 110 valence electrons. The van der Waals surface area contributed by atoms with Crippen LogP contribution in [-0.4, -0.2) is 11.0 Å². The van der Waals surface area contributed by atoms with Crippen molar-refractivity contribution in [1.82, 2.24) is 4.98 Å². The van der Waals surface area contributed by atoms with Gasteiger partial charge in [-0.3, -0.25) is 5.32 Å². The lowest BCUT2D eigenvalue weighted by molar-refractivity contribution is 0.262. The normalized spacial score (nSPS) is 10.2. The number of amides is 2. The quantitative estimate of drug-likeness (QED) is 0.701. The minimum Gasteiger partial charge on any atom is -0.308 e. The van der Waals surface area contributed by atoms with Crippen molar-refractivity contribution in [1.29, 1.82) is 0 Å². The van der Waals surface area contributed by atoms with E-state index < -0.39 is 0 Å². The first-order chi connectivity index (χ1) is 10.7. The fourth-order valence-electron chi connectivity index (χ4n) is 1.89. The molecule has 2 amide bonds. The number of benzene rings is 2. The molecule has 0 aliphatic rings. The molecule has 4 nitrogen and oxygen atoms in total. The Morgan fingerprint density at radius 3 is 2.64 bits per heavy atom. The molecule has 3 rings (SSSR count). The Hall–Kier alpha value is -2.37. The predicted molar refractivity (Wildman–Crippen MR) is 91.6 cm³/mol. The van der Waals surface area contributed by atoms with E-state index >= 15 is 0 Å². The van der Waals surface area contributed by atoms with E-state index in [4.69, 9.17) is 11.6 Å². The maximum atomic E-state index is 11.9. The molecule has 0 unspecified atom stereocenters. The topological polar surface area (TPSA) is 54.0 Å². The maximum Gasteiger partial charge on any atom is 0.325 e. The average Bonchev–Trinajstić information content (AvgIpc) is 2.96. The van der Waals surface area contributed by atoms with Crippen LogP contribution in [0.3, 0.4) is 0 Å². The van der Waals surface area contributed by atoms with Crippen molar-refractivity contribution < 1.29 is 4.79 Å². The smallest absolute Gasteiger partial charge is 0.308 e. The Labute approximate surface area is 136 Å². The molecule has 0 saturated carbocycles. The van der Waals surface area contributed by atoms with Crippen LogP contribution in [0.2, 0.25) is 5.02 Å². The second kappa shape index (κ2) is 6.60. The first-order valence-corrected chi connectivity index (χ1v) is 7.75. The molecule has 6 heteroatoms. The molecule has 2 N–H and O–H groups in total. The third kappa shape index (κ3) is 3.63. The number of thiazole rings is 1. The van der Waals surface area contributed by atoms with Crippen molar-refractivity contribution in [3.63, 3.8) is 0 Å². The molecule has 0 radical (unpaired) electrons. The van der Waals surface area contributed by atoms with E-state index in [9.17, 15) is 4.79 Å². The zero-order chi connectivity index (χ0) is 15.4. The number of nitrogens with zero attached hydrogens (tertiary/aromatic N) is 1. The van der Waals surface area contributed by atoms with Crippen LogP contribution in [0.4, 0.5) is 15.6 Å². The summed E-state index contributed by atoms with van der Waals surface area (Å²) in [5.74, 6) is 0. The van der Waals surface area contributed by atoms with Gasteiger partial charge in [-0.1, -0.05) is 59.3 Å². The minimum absolute atomic E-state index is 0.351. The highest BCUT2D eigenvalue weighted by Gasteiger charge is 2.08. The van der Waals surface area contributed by atoms with E-state index in [2.05, 4.69) is 15.6 Å². The Morgan fingerprint density at radius 1 is 1.05 bits per heavy atom. The lowest BCUT2D eigenvalue weighted by Gasteiger charge is -2.05. The van der Waals surface area contributed by atoms with E-state index in [1.165, 1.54) is 11.3 Å². The number of carbonyl (C=O) groups excluding carboxylic acids is 1. The fraction of sp³-hybridized carbons (Fsp3) is 0. The molecule has 0 aliphatic heterocycles. The highest BCUT2D eigenvalue weighted by Crippen LogP contribution is 2.28.